The molecule has 80 valence electrons. The number of hydrogen-bond acceptors (Lipinski definition) is 2. The van der Waals surface area contributed by atoms with Gasteiger partial charge >= 0.3 is 0 Å². The van der Waals surface area contributed by atoms with E-state index in [0.29, 0.717) is 6.61 Å². The van der Waals surface area contributed by atoms with Crippen LogP contribution in [-0.2, 0) is 16.0 Å². The normalized spacial score (nSPS) is 19.5. The monoisotopic (exact) mass is 205 g/mol. The van der Waals surface area contributed by atoms with Crippen molar-refractivity contribution in [2.75, 3.05) is 20.7 Å². The van der Waals surface area contributed by atoms with Crippen molar-refractivity contribution in [3.05, 3.63) is 35.4 Å². The van der Waals surface area contributed by atoms with Gasteiger partial charge in [-0.05, 0) is 17.5 Å². The molecule has 3 heteroatoms. The third kappa shape index (κ3) is 1.88. The van der Waals surface area contributed by atoms with E-state index in [1.807, 2.05) is 18.2 Å². The first-order valence-electron chi connectivity index (χ1n) is 5.10. The number of carbonyl (C=O) groups is 1. The molecule has 1 aliphatic rings. The molecule has 1 heterocycles. The summed E-state index contributed by atoms with van der Waals surface area (Å²) in [5.41, 5.74) is 2.24. The van der Waals surface area contributed by atoms with Crippen LogP contribution in [0, 0.1) is 0 Å². The lowest BCUT2D eigenvalue weighted by Gasteiger charge is -2.27. The van der Waals surface area contributed by atoms with Gasteiger partial charge in [0.25, 0.3) is 5.91 Å². The van der Waals surface area contributed by atoms with Crippen LogP contribution in [-0.4, -0.2) is 31.5 Å². The minimum absolute atomic E-state index is 0.0159. The van der Waals surface area contributed by atoms with Crippen molar-refractivity contribution >= 4 is 5.91 Å². The molecule has 15 heavy (non-hydrogen) atoms. The maximum absolute atomic E-state index is 11.9. The molecule has 0 bridgehead atoms. The Morgan fingerprint density at radius 1 is 1.40 bits per heavy atom. The van der Waals surface area contributed by atoms with E-state index in [4.69, 9.17) is 4.74 Å². The van der Waals surface area contributed by atoms with Gasteiger partial charge in [0.1, 0.15) is 0 Å². The van der Waals surface area contributed by atoms with E-state index in [1.165, 1.54) is 5.56 Å². The molecule has 0 saturated heterocycles. The van der Waals surface area contributed by atoms with Crippen LogP contribution in [0.4, 0.5) is 0 Å². The molecular weight excluding hydrogens is 190 g/mol. The van der Waals surface area contributed by atoms with Crippen LogP contribution in [0.1, 0.15) is 17.2 Å². The zero-order valence-corrected chi connectivity index (χ0v) is 9.06. The molecule has 0 aliphatic carbocycles. The molecular formula is C12H15NO2. The molecule has 0 fully saturated rings. The van der Waals surface area contributed by atoms with Crippen molar-refractivity contribution in [1.82, 2.24) is 4.90 Å². The van der Waals surface area contributed by atoms with Gasteiger partial charge in [0.2, 0.25) is 0 Å². The topological polar surface area (TPSA) is 29.5 Å². The van der Waals surface area contributed by atoms with Crippen LogP contribution in [0.15, 0.2) is 24.3 Å². The van der Waals surface area contributed by atoms with Crippen molar-refractivity contribution in [1.29, 1.82) is 0 Å². The summed E-state index contributed by atoms with van der Waals surface area (Å²) in [6, 6.07) is 7.99. The van der Waals surface area contributed by atoms with E-state index in [2.05, 4.69) is 6.07 Å². The summed E-state index contributed by atoms with van der Waals surface area (Å²) >= 11 is 0. The average Bonchev–Trinajstić information content (AvgIpc) is 2.27. The molecule has 3 nitrogen and oxygen atoms in total. The number of amides is 1. The first kappa shape index (κ1) is 10.2. The first-order valence-corrected chi connectivity index (χ1v) is 5.10. The summed E-state index contributed by atoms with van der Waals surface area (Å²) < 4.78 is 5.54. The van der Waals surface area contributed by atoms with Crippen LogP contribution >= 0.6 is 0 Å². The summed E-state index contributed by atoms with van der Waals surface area (Å²) in [6.45, 7) is 0.626. The van der Waals surface area contributed by atoms with Gasteiger partial charge in [-0.1, -0.05) is 24.3 Å². The highest BCUT2D eigenvalue weighted by molar-refractivity contribution is 5.82. The summed E-state index contributed by atoms with van der Waals surface area (Å²) in [4.78, 5) is 13.4. The van der Waals surface area contributed by atoms with Crippen LogP contribution < -0.4 is 0 Å². The lowest BCUT2D eigenvalue weighted by Crippen LogP contribution is -2.32. The van der Waals surface area contributed by atoms with Gasteiger partial charge in [0, 0.05) is 14.1 Å². The second-order valence-electron chi connectivity index (χ2n) is 3.93. The highest BCUT2D eigenvalue weighted by atomic mass is 16.5. The Hall–Kier alpha value is -1.35. The van der Waals surface area contributed by atoms with E-state index in [9.17, 15) is 4.79 Å². The van der Waals surface area contributed by atoms with Gasteiger partial charge in [-0.25, -0.2) is 0 Å². The van der Waals surface area contributed by atoms with E-state index in [0.717, 1.165) is 12.0 Å². The molecule has 1 atom stereocenters. The predicted octanol–water partition coefficient (Wildman–Crippen LogP) is 1.39. The Bertz CT molecular complexity index is 374. The molecule has 0 aromatic heterocycles. The van der Waals surface area contributed by atoms with E-state index in [-0.39, 0.29) is 5.91 Å². The lowest BCUT2D eigenvalue weighted by molar-refractivity contribution is -0.142. The number of fused-ring (bicyclic) bond motifs is 1. The molecule has 2 rings (SSSR count). The second-order valence-corrected chi connectivity index (χ2v) is 3.93. The quantitative estimate of drug-likeness (QED) is 0.693. The Balaban J connectivity index is 2.34. The van der Waals surface area contributed by atoms with Crippen molar-refractivity contribution in [2.45, 2.75) is 12.5 Å². The number of benzene rings is 1. The van der Waals surface area contributed by atoms with Crippen molar-refractivity contribution < 1.29 is 9.53 Å². The van der Waals surface area contributed by atoms with Gasteiger partial charge < -0.3 is 9.64 Å². The molecule has 1 unspecified atom stereocenters. The third-order valence-electron chi connectivity index (χ3n) is 2.66. The molecule has 1 aromatic carbocycles. The number of carbonyl (C=O) groups excluding carboxylic acids is 1. The van der Waals surface area contributed by atoms with Crippen molar-refractivity contribution in [3.8, 4) is 0 Å². The van der Waals surface area contributed by atoms with E-state index >= 15 is 0 Å². The lowest BCUT2D eigenvalue weighted by atomic mass is 9.97. The van der Waals surface area contributed by atoms with Crippen LogP contribution in [0.25, 0.3) is 0 Å². The third-order valence-corrected chi connectivity index (χ3v) is 2.66. The number of likely N-dealkylation sites (N-methyl/N-ethyl adjacent to an activating group) is 1. The van der Waals surface area contributed by atoms with Gasteiger partial charge in [-0.3, -0.25) is 4.79 Å². The number of hydrogen-bond donors (Lipinski definition) is 0. The molecule has 1 amide bonds. The predicted molar refractivity (Wildman–Crippen MR) is 57.5 cm³/mol. The van der Waals surface area contributed by atoms with E-state index < -0.39 is 6.10 Å². The molecule has 0 N–H and O–H groups in total. The van der Waals surface area contributed by atoms with Crippen molar-refractivity contribution in [3.63, 3.8) is 0 Å². The van der Waals surface area contributed by atoms with Crippen molar-refractivity contribution in [2.24, 2.45) is 0 Å². The van der Waals surface area contributed by atoms with Crippen LogP contribution in [0.2, 0.25) is 0 Å². The SMILES string of the molecule is CN(C)C(=O)C1OCCc2ccccc21. The number of ether oxygens (including phenoxy) is 1. The Kier molecular flexibility index (Phi) is 2.73. The van der Waals surface area contributed by atoms with Gasteiger partial charge in [0.15, 0.2) is 6.10 Å². The maximum Gasteiger partial charge on any atom is 0.255 e. The van der Waals surface area contributed by atoms with E-state index in [1.54, 1.807) is 19.0 Å². The fraction of sp³-hybridized carbons (Fsp3) is 0.417. The zero-order chi connectivity index (χ0) is 10.8. The molecule has 1 aliphatic heterocycles. The largest absolute Gasteiger partial charge is 0.363 e. The number of rotatable bonds is 1. The summed E-state index contributed by atoms with van der Waals surface area (Å²) in [5, 5.41) is 0. The fourth-order valence-corrected chi connectivity index (χ4v) is 1.83. The Morgan fingerprint density at radius 2 is 2.13 bits per heavy atom. The number of nitrogens with zero attached hydrogens (tertiary/aromatic N) is 1. The molecule has 0 radical (unpaired) electrons. The Labute approximate surface area is 89.7 Å². The molecule has 0 saturated carbocycles. The summed E-state index contributed by atoms with van der Waals surface area (Å²) in [6.07, 6.45) is 0.484. The first-order chi connectivity index (χ1) is 7.20. The zero-order valence-electron chi connectivity index (χ0n) is 9.06. The van der Waals surface area contributed by atoms with Gasteiger partial charge in [-0.2, -0.15) is 0 Å². The molecule has 0 spiro atoms. The van der Waals surface area contributed by atoms with Crippen LogP contribution in [0.5, 0.6) is 0 Å². The van der Waals surface area contributed by atoms with Gasteiger partial charge in [-0.15, -0.1) is 0 Å². The Morgan fingerprint density at radius 3 is 2.87 bits per heavy atom. The summed E-state index contributed by atoms with van der Waals surface area (Å²) in [7, 11) is 3.51. The maximum atomic E-state index is 11.9. The smallest absolute Gasteiger partial charge is 0.255 e. The van der Waals surface area contributed by atoms with Crippen LogP contribution in [0.3, 0.4) is 0 Å². The summed E-state index contributed by atoms with van der Waals surface area (Å²) in [5.74, 6) is 0.0159. The minimum Gasteiger partial charge on any atom is -0.363 e. The highest BCUT2D eigenvalue weighted by Gasteiger charge is 2.27. The second kappa shape index (κ2) is 4.03. The molecule has 1 aromatic rings. The highest BCUT2D eigenvalue weighted by Crippen LogP contribution is 2.27. The average molecular weight is 205 g/mol. The van der Waals surface area contributed by atoms with Gasteiger partial charge in [0.05, 0.1) is 6.61 Å². The minimum atomic E-state index is -0.412. The standard InChI is InChI=1S/C12H15NO2/c1-13(2)12(14)11-10-6-4-3-5-9(10)7-8-15-11/h3-6,11H,7-8H2,1-2H3. The fourth-order valence-electron chi connectivity index (χ4n) is 1.83.